The van der Waals surface area contributed by atoms with Crippen molar-refractivity contribution in [1.29, 1.82) is 0 Å². The molecule has 1 aliphatic rings. The van der Waals surface area contributed by atoms with Crippen LogP contribution >= 0.6 is 11.6 Å². The molecule has 0 radical (unpaired) electrons. The van der Waals surface area contributed by atoms with Crippen molar-refractivity contribution in [1.82, 2.24) is 0 Å². The lowest BCUT2D eigenvalue weighted by molar-refractivity contribution is 0.100. The Morgan fingerprint density at radius 2 is 2.09 bits per heavy atom. The SMILES string of the molecule is O=C1N=Nc2c(Cl)cccc21. The van der Waals surface area contributed by atoms with Crippen molar-refractivity contribution in [3.8, 4) is 0 Å². The molecule has 0 spiro atoms. The smallest absolute Gasteiger partial charge is 0.265 e. The molecular formula is C7H3ClN2O. The molecule has 1 aliphatic heterocycles. The highest BCUT2D eigenvalue weighted by atomic mass is 35.5. The largest absolute Gasteiger partial charge is 0.297 e. The van der Waals surface area contributed by atoms with Crippen LogP contribution in [0.1, 0.15) is 10.4 Å². The molecule has 1 heterocycles. The molecule has 4 heteroatoms. The van der Waals surface area contributed by atoms with Crippen LogP contribution in [0.4, 0.5) is 5.69 Å². The Bertz CT molecular complexity index is 359. The monoisotopic (exact) mass is 166 g/mol. The number of carbonyl (C=O) groups is 1. The standard InChI is InChI=1S/C7H3ClN2O/c8-5-3-1-2-4-6(5)9-10-7(4)11/h1-3H. The highest BCUT2D eigenvalue weighted by molar-refractivity contribution is 6.34. The molecule has 54 valence electrons. The van der Waals surface area contributed by atoms with Gasteiger partial charge in [0.25, 0.3) is 5.91 Å². The van der Waals surface area contributed by atoms with Gasteiger partial charge in [0.15, 0.2) is 0 Å². The molecule has 11 heavy (non-hydrogen) atoms. The van der Waals surface area contributed by atoms with Crippen LogP contribution in [0.2, 0.25) is 5.02 Å². The summed E-state index contributed by atoms with van der Waals surface area (Å²) in [4.78, 5) is 10.9. The summed E-state index contributed by atoms with van der Waals surface area (Å²) in [5.41, 5.74) is 0.969. The molecule has 0 aromatic heterocycles. The Morgan fingerprint density at radius 1 is 1.27 bits per heavy atom. The van der Waals surface area contributed by atoms with Crippen molar-refractivity contribution < 1.29 is 4.79 Å². The molecule has 1 aromatic rings. The average molecular weight is 167 g/mol. The number of carbonyl (C=O) groups excluding carboxylic acids is 1. The molecule has 0 unspecified atom stereocenters. The summed E-state index contributed by atoms with van der Waals surface area (Å²) >= 11 is 5.73. The number of hydrogen-bond donors (Lipinski definition) is 0. The van der Waals surface area contributed by atoms with Crippen LogP contribution in [0.15, 0.2) is 28.4 Å². The van der Waals surface area contributed by atoms with Crippen molar-refractivity contribution in [2.45, 2.75) is 0 Å². The van der Waals surface area contributed by atoms with E-state index in [0.29, 0.717) is 16.3 Å². The zero-order valence-electron chi connectivity index (χ0n) is 5.41. The van der Waals surface area contributed by atoms with Gasteiger partial charge in [-0.2, -0.15) is 0 Å². The summed E-state index contributed by atoms with van der Waals surface area (Å²) in [5, 5.41) is 7.46. The first-order valence-electron chi connectivity index (χ1n) is 3.03. The lowest BCUT2D eigenvalue weighted by Gasteiger charge is -1.93. The molecule has 0 fully saturated rings. The van der Waals surface area contributed by atoms with E-state index >= 15 is 0 Å². The maximum atomic E-state index is 10.9. The van der Waals surface area contributed by atoms with Crippen LogP contribution in [-0.2, 0) is 0 Å². The minimum atomic E-state index is -0.317. The first-order valence-corrected chi connectivity index (χ1v) is 3.41. The Morgan fingerprint density at radius 3 is 2.82 bits per heavy atom. The van der Waals surface area contributed by atoms with E-state index in [1.807, 2.05) is 0 Å². The van der Waals surface area contributed by atoms with Crippen LogP contribution in [0.5, 0.6) is 0 Å². The van der Waals surface area contributed by atoms with Gasteiger partial charge in [0.1, 0.15) is 5.69 Å². The van der Waals surface area contributed by atoms with Gasteiger partial charge in [0.2, 0.25) is 0 Å². The summed E-state index contributed by atoms with van der Waals surface area (Å²) in [6.45, 7) is 0. The predicted octanol–water partition coefficient (Wildman–Crippen LogP) is 2.58. The van der Waals surface area contributed by atoms with E-state index in [-0.39, 0.29) is 5.91 Å². The Hall–Kier alpha value is -1.22. The Labute approximate surface area is 67.7 Å². The highest BCUT2D eigenvalue weighted by Crippen LogP contribution is 2.33. The molecule has 0 bridgehead atoms. The van der Waals surface area contributed by atoms with E-state index in [1.165, 1.54) is 0 Å². The summed E-state index contributed by atoms with van der Waals surface area (Å²) < 4.78 is 0. The second kappa shape index (κ2) is 2.13. The lowest BCUT2D eigenvalue weighted by Crippen LogP contribution is -1.87. The van der Waals surface area contributed by atoms with Crippen LogP contribution in [0, 0.1) is 0 Å². The van der Waals surface area contributed by atoms with E-state index in [0.717, 1.165) is 0 Å². The van der Waals surface area contributed by atoms with Crippen molar-refractivity contribution >= 4 is 23.2 Å². The number of azo groups is 1. The van der Waals surface area contributed by atoms with E-state index < -0.39 is 0 Å². The first-order chi connectivity index (χ1) is 5.29. The molecule has 0 aliphatic carbocycles. The minimum Gasteiger partial charge on any atom is -0.265 e. The highest BCUT2D eigenvalue weighted by Gasteiger charge is 2.18. The Kier molecular flexibility index (Phi) is 1.26. The zero-order chi connectivity index (χ0) is 7.84. The number of rotatable bonds is 0. The van der Waals surface area contributed by atoms with Crippen molar-refractivity contribution in [3.63, 3.8) is 0 Å². The first kappa shape index (κ1) is 6.49. The van der Waals surface area contributed by atoms with Gasteiger partial charge in [0.05, 0.1) is 10.6 Å². The molecular weight excluding hydrogens is 164 g/mol. The molecule has 1 aromatic carbocycles. The van der Waals surface area contributed by atoms with Gasteiger partial charge < -0.3 is 0 Å². The van der Waals surface area contributed by atoms with E-state index in [4.69, 9.17) is 11.6 Å². The number of nitrogens with zero attached hydrogens (tertiary/aromatic N) is 2. The molecule has 1 amide bonds. The quantitative estimate of drug-likeness (QED) is 0.584. The number of benzene rings is 1. The van der Waals surface area contributed by atoms with E-state index in [1.54, 1.807) is 18.2 Å². The van der Waals surface area contributed by atoms with Crippen LogP contribution < -0.4 is 0 Å². The fraction of sp³-hybridized carbons (Fsp3) is 0. The second-order valence-electron chi connectivity index (χ2n) is 2.14. The molecule has 3 nitrogen and oxygen atoms in total. The molecule has 0 atom stereocenters. The molecule has 0 saturated carbocycles. The summed E-state index contributed by atoms with van der Waals surface area (Å²) in [5.74, 6) is -0.317. The van der Waals surface area contributed by atoms with Crippen LogP contribution in [-0.4, -0.2) is 5.91 Å². The normalized spacial score (nSPS) is 13.7. The summed E-state index contributed by atoms with van der Waals surface area (Å²) in [6.07, 6.45) is 0. The van der Waals surface area contributed by atoms with Gasteiger partial charge in [-0.1, -0.05) is 17.7 Å². The molecule has 2 rings (SSSR count). The average Bonchev–Trinajstić information content (AvgIpc) is 2.35. The van der Waals surface area contributed by atoms with E-state index in [2.05, 4.69) is 10.2 Å². The van der Waals surface area contributed by atoms with Crippen molar-refractivity contribution in [2.75, 3.05) is 0 Å². The zero-order valence-corrected chi connectivity index (χ0v) is 6.17. The second-order valence-corrected chi connectivity index (χ2v) is 2.55. The fourth-order valence-corrected chi connectivity index (χ4v) is 1.15. The fourth-order valence-electron chi connectivity index (χ4n) is 0.939. The van der Waals surface area contributed by atoms with Gasteiger partial charge in [0, 0.05) is 0 Å². The third-order valence-electron chi connectivity index (χ3n) is 1.46. The van der Waals surface area contributed by atoms with Gasteiger partial charge in [-0.25, -0.2) is 0 Å². The third-order valence-corrected chi connectivity index (χ3v) is 1.76. The molecule has 0 saturated heterocycles. The summed E-state index contributed by atoms with van der Waals surface area (Å²) in [6, 6.07) is 5.04. The maximum absolute atomic E-state index is 10.9. The number of amides is 1. The van der Waals surface area contributed by atoms with Crippen LogP contribution in [0.25, 0.3) is 0 Å². The number of hydrogen-bond acceptors (Lipinski definition) is 2. The van der Waals surface area contributed by atoms with Crippen molar-refractivity contribution in [3.05, 3.63) is 28.8 Å². The maximum Gasteiger partial charge on any atom is 0.297 e. The van der Waals surface area contributed by atoms with Gasteiger partial charge in [-0.05, 0) is 12.1 Å². The third kappa shape index (κ3) is 0.851. The number of halogens is 1. The predicted molar refractivity (Wildman–Crippen MR) is 40.3 cm³/mol. The minimum absolute atomic E-state index is 0.317. The van der Waals surface area contributed by atoms with Crippen molar-refractivity contribution in [2.24, 2.45) is 10.2 Å². The van der Waals surface area contributed by atoms with Gasteiger partial charge >= 0.3 is 0 Å². The Balaban J connectivity index is 2.74. The van der Waals surface area contributed by atoms with Gasteiger partial charge in [-0.15, -0.1) is 10.2 Å². The van der Waals surface area contributed by atoms with E-state index in [9.17, 15) is 4.79 Å². The number of fused-ring (bicyclic) bond motifs is 1. The van der Waals surface area contributed by atoms with Gasteiger partial charge in [-0.3, -0.25) is 4.79 Å². The van der Waals surface area contributed by atoms with Crippen LogP contribution in [0.3, 0.4) is 0 Å². The molecule has 0 N–H and O–H groups in total. The lowest BCUT2D eigenvalue weighted by atomic mass is 10.2. The summed E-state index contributed by atoms with van der Waals surface area (Å²) in [7, 11) is 0. The topological polar surface area (TPSA) is 41.8 Å².